The summed E-state index contributed by atoms with van der Waals surface area (Å²) in [5, 5.41) is 5.76. The van der Waals surface area contributed by atoms with Gasteiger partial charge >= 0.3 is 0 Å². The molecule has 0 spiro atoms. The van der Waals surface area contributed by atoms with Gasteiger partial charge in [0.2, 0.25) is 0 Å². The third-order valence-electron chi connectivity index (χ3n) is 4.37. The van der Waals surface area contributed by atoms with Crippen LogP contribution in [-0.4, -0.2) is 6.26 Å². The number of nitrogens with one attached hydrogen (secondary N) is 1. The van der Waals surface area contributed by atoms with Gasteiger partial charge in [0.25, 0.3) is 0 Å². The lowest BCUT2D eigenvalue weighted by Gasteiger charge is -2.16. The minimum absolute atomic E-state index is 0.769. The number of anilines is 3. The minimum Gasteiger partial charge on any atom is -0.457 e. The molecule has 3 N–H and O–H groups in total. The Morgan fingerprint density at radius 1 is 0.815 bits per heavy atom. The second kappa shape index (κ2) is 7.64. The third kappa shape index (κ3) is 3.71. The Balaban J connectivity index is 1.63. The number of hydrogen-bond acceptors (Lipinski definition) is 4. The molecule has 4 rings (SSSR count). The predicted octanol–water partition coefficient (Wildman–Crippen LogP) is 6.68. The van der Waals surface area contributed by atoms with Gasteiger partial charge in [0.15, 0.2) is 0 Å². The monoisotopic (exact) mass is 372 g/mol. The lowest BCUT2D eigenvalue weighted by Crippen LogP contribution is -1.99. The Morgan fingerprint density at radius 2 is 1.48 bits per heavy atom. The SMILES string of the molecule is CSc1cc2ccccc2c(Nc2ccc(Oc3ccccc3)cc2)c1N. The van der Waals surface area contributed by atoms with Crippen molar-refractivity contribution < 1.29 is 4.74 Å². The van der Waals surface area contributed by atoms with E-state index in [0.29, 0.717) is 0 Å². The Kier molecular flexibility index (Phi) is 4.90. The van der Waals surface area contributed by atoms with Gasteiger partial charge in [0, 0.05) is 16.0 Å². The summed E-state index contributed by atoms with van der Waals surface area (Å²) >= 11 is 1.65. The van der Waals surface area contributed by atoms with Crippen molar-refractivity contribution in [1.82, 2.24) is 0 Å². The number of para-hydroxylation sites is 1. The van der Waals surface area contributed by atoms with E-state index in [1.165, 1.54) is 5.39 Å². The zero-order valence-electron chi connectivity index (χ0n) is 15.0. The molecule has 0 bridgehead atoms. The van der Waals surface area contributed by atoms with Crippen LogP contribution in [0.4, 0.5) is 17.1 Å². The van der Waals surface area contributed by atoms with E-state index in [1.807, 2.05) is 73.0 Å². The van der Waals surface area contributed by atoms with E-state index in [9.17, 15) is 0 Å². The fraction of sp³-hybridized carbons (Fsp3) is 0.0435. The van der Waals surface area contributed by atoms with Crippen LogP contribution >= 0.6 is 11.8 Å². The molecule has 134 valence electrons. The van der Waals surface area contributed by atoms with Gasteiger partial charge < -0.3 is 15.8 Å². The predicted molar refractivity (Wildman–Crippen MR) is 116 cm³/mol. The second-order valence-corrected chi connectivity index (χ2v) is 7.00. The van der Waals surface area contributed by atoms with Crippen molar-refractivity contribution in [3.05, 3.63) is 84.9 Å². The van der Waals surface area contributed by atoms with Crippen molar-refractivity contribution in [2.24, 2.45) is 0 Å². The van der Waals surface area contributed by atoms with Crippen LogP contribution in [0.2, 0.25) is 0 Å². The number of benzene rings is 4. The van der Waals surface area contributed by atoms with Crippen molar-refractivity contribution >= 4 is 39.6 Å². The number of rotatable bonds is 5. The molecule has 0 aliphatic heterocycles. The number of ether oxygens (including phenoxy) is 1. The van der Waals surface area contributed by atoms with E-state index >= 15 is 0 Å². The van der Waals surface area contributed by atoms with Crippen molar-refractivity contribution in [2.75, 3.05) is 17.3 Å². The Bertz CT molecular complexity index is 1060. The lowest BCUT2D eigenvalue weighted by molar-refractivity contribution is 0.483. The molecule has 0 amide bonds. The van der Waals surface area contributed by atoms with Crippen LogP contribution in [-0.2, 0) is 0 Å². The van der Waals surface area contributed by atoms with Gasteiger partial charge in [-0.05, 0) is 54.1 Å². The van der Waals surface area contributed by atoms with Crippen LogP contribution in [0.15, 0.2) is 89.8 Å². The smallest absolute Gasteiger partial charge is 0.127 e. The maximum Gasteiger partial charge on any atom is 0.127 e. The van der Waals surface area contributed by atoms with Crippen LogP contribution < -0.4 is 15.8 Å². The molecule has 0 atom stereocenters. The molecule has 0 heterocycles. The van der Waals surface area contributed by atoms with E-state index in [4.69, 9.17) is 10.5 Å². The van der Waals surface area contributed by atoms with E-state index in [1.54, 1.807) is 11.8 Å². The quantitative estimate of drug-likeness (QED) is 0.303. The van der Waals surface area contributed by atoms with Crippen LogP contribution in [0.5, 0.6) is 11.5 Å². The maximum absolute atomic E-state index is 6.43. The van der Waals surface area contributed by atoms with Gasteiger partial charge in [0.05, 0.1) is 11.4 Å². The molecule has 4 aromatic rings. The van der Waals surface area contributed by atoms with Crippen LogP contribution in [0.3, 0.4) is 0 Å². The molecule has 27 heavy (non-hydrogen) atoms. The summed E-state index contributed by atoms with van der Waals surface area (Å²) in [6.45, 7) is 0. The largest absolute Gasteiger partial charge is 0.457 e. The highest BCUT2D eigenvalue weighted by Crippen LogP contribution is 2.39. The Morgan fingerprint density at radius 3 is 2.22 bits per heavy atom. The fourth-order valence-corrected chi connectivity index (χ4v) is 3.58. The first-order valence-electron chi connectivity index (χ1n) is 8.70. The summed E-state index contributed by atoms with van der Waals surface area (Å²) in [6.07, 6.45) is 2.04. The number of nitrogen functional groups attached to an aromatic ring is 1. The van der Waals surface area contributed by atoms with Gasteiger partial charge in [0.1, 0.15) is 11.5 Å². The van der Waals surface area contributed by atoms with Crippen molar-refractivity contribution in [3.63, 3.8) is 0 Å². The fourth-order valence-electron chi connectivity index (χ4n) is 3.02. The summed E-state index contributed by atoms with van der Waals surface area (Å²) in [5.74, 6) is 1.61. The molecule has 3 nitrogen and oxygen atoms in total. The highest BCUT2D eigenvalue weighted by atomic mass is 32.2. The first-order valence-corrected chi connectivity index (χ1v) is 9.92. The number of thioether (sulfide) groups is 1. The molecule has 0 unspecified atom stereocenters. The molecule has 0 radical (unpaired) electrons. The first kappa shape index (κ1) is 17.3. The summed E-state index contributed by atoms with van der Waals surface area (Å²) in [5.41, 5.74) is 9.10. The zero-order valence-corrected chi connectivity index (χ0v) is 15.8. The van der Waals surface area contributed by atoms with Gasteiger partial charge in [-0.1, -0.05) is 42.5 Å². The van der Waals surface area contributed by atoms with E-state index < -0.39 is 0 Å². The molecular weight excluding hydrogens is 352 g/mol. The van der Waals surface area contributed by atoms with Crippen molar-refractivity contribution in [3.8, 4) is 11.5 Å². The van der Waals surface area contributed by atoms with Gasteiger partial charge in [-0.15, -0.1) is 11.8 Å². The van der Waals surface area contributed by atoms with Crippen LogP contribution in [0.1, 0.15) is 0 Å². The standard InChI is InChI=1S/C23H20N2OS/c1-27-21-15-16-7-5-6-10-20(16)23(22(21)24)25-17-11-13-19(14-12-17)26-18-8-3-2-4-9-18/h2-15,25H,24H2,1H3. The third-order valence-corrected chi connectivity index (χ3v) is 5.15. The van der Waals surface area contributed by atoms with Crippen LogP contribution in [0.25, 0.3) is 10.8 Å². The molecule has 0 aliphatic rings. The maximum atomic E-state index is 6.43. The second-order valence-electron chi connectivity index (χ2n) is 6.15. The molecule has 0 aliphatic carbocycles. The normalized spacial score (nSPS) is 10.7. The highest BCUT2D eigenvalue weighted by Gasteiger charge is 2.11. The number of fused-ring (bicyclic) bond motifs is 1. The molecule has 0 fully saturated rings. The van der Waals surface area contributed by atoms with Crippen molar-refractivity contribution in [1.29, 1.82) is 0 Å². The van der Waals surface area contributed by atoms with E-state index in [2.05, 4.69) is 23.5 Å². The average molecular weight is 372 g/mol. The molecule has 0 saturated carbocycles. The van der Waals surface area contributed by atoms with E-state index in [0.717, 1.165) is 38.8 Å². The summed E-state index contributed by atoms with van der Waals surface area (Å²) < 4.78 is 5.86. The molecular formula is C23H20N2OS. The lowest BCUT2D eigenvalue weighted by atomic mass is 10.1. The molecule has 4 heteroatoms. The van der Waals surface area contributed by atoms with Gasteiger partial charge in [-0.25, -0.2) is 0 Å². The summed E-state index contributed by atoms with van der Waals surface area (Å²) in [7, 11) is 0. The average Bonchev–Trinajstić information content (AvgIpc) is 2.72. The molecule has 0 saturated heterocycles. The Labute approximate surface area is 163 Å². The molecule has 0 aromatic heterocycles. The number of hydrogen-bond donors (Lipinski definition) is 2. The summed E-state index contributed by atoms with van der Waals surface area (Å²) in [6, 6.07) is 28.1. The summed E-state index contributed by atoms with van der Waals surface area (Å²) in [4.78, 5) is 1.07. The van der Waals surface area contributed by atoms with Gasteiger partial charge in [-0.2, -0.15) is 0 Å². The number of nitrogens with two attached hydrogens (primary N) is 1. The molecule has 4 aromatic carbocycles. The zero-order chi connectivity index (χ0) is 18.6. The first-order chi connectivity index (χ1) is 13.2. The van der Waals surface area contributed by atoms with Crippen LogP contribution in [0, 0.1) is 0 Å². The minimum atomic E-state index is 0.769. The van der Waals surface area contributed by atoms with Gasteiger partial charge in [-0.3, -0.25) is 0 Å². The topological polar surface area (TPSA) is 47.3 Å². The van der Waals surface area contributed by atoms with E-state index in [-0.39, 0.29) is 0 Å². The van der Waals surface area contributed by atoms with Crippen molar-refractivity contribution in [2.45, 2.75) is 4.90 Å². The highest BCUT2D eigenvalue weighted by molar-refractivity contribution is 7.98. The Hall–Kier alpha value is -3.11.